The highest BCUT2D eigenvalue weighted by molar-refractivity contribution is 8.16. The summed E-state index contributed by atoms with van der Waals surface area (Å²) < 4.78 is 5.78. The summed E-state index contributed by atoms with van der Waals surface area (Å²) in [6, 6.07) is 15.4. The molecule has 1 atom stereocenters. The van der Waals surface area contributed by atoms with Crippen molar-refractivity contribution >= 4 is 28.8 Å². The Labute approximate surface area is 217 Å². The molecule has 1 amide bonds. The van der Waals surface area contributed by atoms with Gasteiger partial charge in [0, 0.05) is 12.2 Å². The molecule has 0 radical (unpaired) electrons. The first-order valence-corrected chi connectivity index (χ1v) is 13.1. The lowest BCUT2D eigenvalue weighted by Crippen LogP contribution is -2.38. The SMILES string of the molecule is CC1=C(C(=O)OCc2ccccc2)[C@H](c2ccc(C)cc2C)N2C(CC(=O)NCC(C)C)=CSC2=N1. The number of allylic oxidation sites excluding steroid dienone is 1. The van der Waals surface area contributed by atoms with Crippen molar-refractivity contribution in [1.82, 2.24) is 10.2 Å². The van der Waals surface area contributed by atoms with Crippen molar-refractivity contribution in [3.63, 3.8) is 0 Å². The predicted molar refractivity (Wildman–Crippen MR) is 145 cm³/mol. The number of thioether (sulfide) groups is 1. The Hall–Kier alpha value is -3.32. The van der Waals surface area contributed by atoms with Crippen LogP contribution in [0.5, 0.6) is 0 Å². The lowest BCUT2D eigenvalue weighted by Gasteiger charge is -2.37. The number of nitrogens with one attached hydrogen (secondary N) is 1. The van der Waals surface area contributed by atoms with Crippen LogP contribution in [0, 0.1) is 19.8 Å². The summed E-state index contributed by atoms with van der Waals surface area (Å²) in [7, 11) is 0. The van der Waals surface area contributed by atoms with Crippen LogP contribution in [0.3, 0.4) is 0 Å². The Morgan fingerprint density at radius 1 is 1.11 bits per heavy atom. The van der Waals surface area contributed by atoms with Gasteiger partial charge in [-0.2, -0.15) is 0 Å². The lowest BCUT2D eigenvalue weighted by molar-refractivity contribution is -0.141. The first-order chi connectivity index (χ1) is 17.2. The summed E-state index contributed by atoms with van der Waals surface area (Å²) in [6.45, 7) is 10.9. The topological polar surface area (TPSA) is 71.0 Å². The molecule has 0 saturated heterocycles. The second-order valence-corrected chi connectivity index (χ2v) is 10.5. The number of rotatable bonds is 8. The highest BCUT2D eigenvalue weighted by Gasteiger charge is 2.41. The fourth-order valence-electron chi connectivity index (χ4n) is 4.40. The van der Waals surface area contributed by atoms with E-state index in [9.17, 15) is 9.59 Å². The summed E-state index contributed by atoms with van der Waals surface area (Å²) in [5.41, 5.74) is 6.10. The van der Waals surface area contributed by atoms with Gasteiger partial charge in [-0.25, -0.2) is 9.79 Å². The summed E-state index contributed by atoms with van der Waals surface area (Å²) >= 11 is 1.48. The molecule has 2 aliphatic rings. The first-order valence-electron chi connectivity index (χ1n) is 12.2. The zero-order chi connectivity index (χ0) is 25.8. The van der Waals surface area contributed by atoms with Gasteiger partial charge in [-0.05, 0) is 48.8 Å². The quantitative estimate of drug-likeness (QED) is 0.462. The molecular weight excluding hydrogens is 470 g/mol. The molecule has 7 heteroatoms. The van der Waals surface area contributed by atoms with Gasteiger partial charge in [0.2, 0.25) is 5.91 Å². The monoisotopic (exact) mass is 503 g/mol. The molecule has 6 nitrogen and oxygen atoms in total. The van der Waals surface area contributed by atoms with Crippen LogP contribution >= 0.6 is 11.8 Å². The van der Waals surface area contributed by atoms with E-state index < -0.39 is 12.0 Å². The van der Waals surface area contributed by atoms with E-state index in [1.54, 1.807) is 0 Å². The van der Waals surface area contributed by atoms with E-state index >= 15 is 0 Å². The molecule has 4 rings (SSSR count). The van der Waals surface area contributed by atoms with E-state index in [4.69, 9.17) is 9.73 Å². The van der Waals surface area contributed by atoms with Crippen molar-refractivity contribution in [1.29, 1.82) is 0 Å². The van der Waals surface area contributed by atoms with Crippen molar-refractivity contribution < 1.29 is 14.3 Å². The van der Waals surface area contributed by atoms with Crippen molar-refractivity contribution in [2.45, 2.75) is 53.7 Å². The molecule has 0 spiro atoms. The molecule has 1 N–H and O–H groups in total. The van der Waals surface area contributed by atoms with Gasteiger partial charge >= 0.3 is 5.97 Å². The largest absolute Gasteiger partial charge is 0.457 e. The smallest absolute Gasteiger partial charge is 0.338 e. The third-order valence-corrected chi connectivity index (χ3v) is 7.09. The summed E-state index contributed by atoms with van der Waals surface area (Å²) in [5.74, 6) is -0.0761. The third kappa shape index (κ3) is 5.73. The summed E-state index contributed by atoms with van der Waals surface area (Å²) in [4.78, 5) is 33.1. The van der Waals surface area contributed by atoms with E-state index in [-0.39, 0.29) is 18.9 Å². The first kappa shape index (κ1) is 25.8. The van der Waals surface area contributed by atoms with Crippen molar-refractivity contribution in [2.75, 3.05) is 6.54 Å². The van der Waals surface area contributed by atoms with Crippen molar-refractivity contribution in [3.8, 4) is 0 Å². The Balaban J connectivity index is 1.68. The molecule has 0 bridgehead atoms. The Morgan fingerprint density at radius 2 is 1.86 bits per heavy atom. The number of carbonyl (C=O) groups is 2. The zero-order valence-corrected chi connectivity index (χ0v) is 22.3. The van der Waals surface area contributed by atoms with E-state index in [0.29, 0.717) is 23.7 Å². The van der Waals surface area contributed by atoms with Crippen LogP contribution in [0.1, 0.15) is 55.5 Å². The maximum Gasteiger partial charge on any atom is 0.338 e. The molecular formula is C29H33N3O3S. The van der Waals surface area contributed by atoms with Crippen molar-refractivity contribution in [3.05, 3.63) is 93.2 Å². The number of benzene rings is 2. The number of aliphatic imine (C=N–C) groups is 1. The standard InChI is InChI=1S/C29H33N3O3S/c1-18(2)15-30-25(33)14-23-17-36-29-31-21(5)26(28(34)35-16-22-9-7-6-8-10-22)27(32(23)29)24-12-11-19(3)13-20(24)4/h6-13,17-18,27H,14-16H2,1-5H3,(H,30,33)/t27-/m0/s1. The number of hydrogen-bond donors (Lipinski definition) is 1. The van der Waals surface area contributed by atoms with Gasteiger partial charge in [-0.3, -0.25) is 4.79 Å². The second kappa shape index (κ2) is 11.2. The average molecular weight is 504 g/mol. The molecule has 2 aromatic rings. The molecule has 188 valence electrons. The average Bonchev–Trinajstić information content (AvgIpc) is 3.23. The highest BCUT2D eigenvalue weighted by atomic mass is 32.2. The summed E-state index contributed by atoms with van der Waals surface area (Å²) in [6.07, 6.45) is 0.214. The third-order valence-electron chi connectivity index (χ3n) is 6.20. The van der Waals surface area contributed by atoms with Crippen LogP contribution in [0.25, 0.3) is 0 Å². The molecule has 0 aromatic heterocycles. The molecule has 0 unspecified atom stereocenters. The minimum absolute atomic E-state index is 0.0457. The van der Waals surface area contributed by atoms with Gasteiger partial charge in [-0.1, -0.05) is 79.7 Å². The molecule has 36 heavy (non-hydrogen) atoms. The number of amides is 1. The van der Waals surface area contributed by atoms with Gasteiger partial charge in [0.1, 0.15) is 6.61 Å². The van der Waals surface area contributed by atoms with E-state index in [1.807, 2.05) is 47.6 Å². The second-order valence-electron chi connectivity index (χ2n) is 9.69. The van der Waals surface area contributed by atoms with E-state index in [1.165, 1.54) is 11.8 Å². The van der Waals surface area contributed by atoms with Gasteiger partial charge in [-0.15, -0.1) is 0 Å². The minimum atomic E-state index is -0.430. The van der Waals surface area contributed by atoms with Gasteiger partial charge in [0.25, 0.3) is 0 Å². The van der Waals surface area contributed by atoms with Crippen LogP contribution in [-0.4, -0.2) is 28.5 Å². The van der Waals surface area contributed by atoms with Crippen LogP contribution in [0.4, 0.5) is 0 Å². The maximum absolute atomic E-state index is 13.6. The molecule has 2 aromatic carbocycles. The van der Waals surface area contributed by atoms with E-state index in [0.717, 1.165) is 33.1 Å². The normalized spacial score (nSPS) is 17.1. The van der Waals surface area contributed by atoms with E-state index in [2.05, 4.69) is 51.2 Å². The van der Waals surface area contributed by atoms with Crippen LogP contribution in [0.15, 0.2) is 75.9 Å². The number of carbonyl (C=O) groups excluding carboxylic acids is 2. The van der Waals surface area contributed by atoms with Crippen molar-refractivity contribution in [2.24, 2.45) is 10.9 Å². The van der Waals surface area contributed by atoms with Gasteiger partial charge in [0.05, 0.1) is 23.7 Å². The Bertz CT molecular complexity index is 1250. The summed E-state index contributed by atoms with van der Waals surface area (Å²) in [5, 5.41) is 5.74. The molecule has 0 fully saturated rings. The molecule has 2 aliphatic heterocycles. The molecule has 0 aliphatic carbocycles. The number of fused-ring (bicyclic) bond motifs is 1. The Kier molecular flexibility index (Phi) is 7.99. The lowest BCUT2D eigenvalue weighted by atomic mass is 9.90. The van der Waals surface area contributed by atoms with Gasteiger partial charge in [0.15, 0.2) is 5.17 Å². The molecule has 0 saturated carbocycles. The predicted octanol–water partition coefficient (Wildman–Crippen LogP) is 5.78. The highest BCUT2D eigenvalue weighted by Crippen LogP contribution is 2.45. The van der Waals surface area contributed by atoms with Crippen LogP contribution in [-0.2, 0) is 20.9 Å². The fraction of sp³-hybridized carbons (Fsp3) is 0.345. The number of esters is 1. The van der Waals surface area contributed by atoms with Crippen LogP contribution < -0.4 is 5.32 Å². The number of nitrogens with zero attached hydrogens (tertiary/aromatic N) is 2. The maximum atomic E-state index is 13.6. The number of amidine groups is 1. The minimum Gasteiger partial charge on any atom is -0.457 e. The zero-order valence-electron chi connectivity index (χ0n) is 21.5. The van der Waals surface area contributed by atoms with Crippen LogP contribution in [0.2, 0.25) is 0 Å². The van der Waals surface area contributed by atoms with Gasteiger partial charge < -0.3 is 15.0 Å². The Morgan fingerprint density at radius 3 is 2.56 bits per heavy atom. The number of hydrogen-bond acceptors (Lipinski definition) is 6. The number of ether oxygens (including phenoxy) is 1. The molecule has 2 heterocycles. The number of aryl methyl sites for hydroxylation is 2. The fourth-order valence-corrected chi connectivity index (χ4v) is 5.37.